The molecule has 1 aliphatic carbocycles. The van der Waals surface area contributed by atoms with Crippen LogP contribution in [0.25, 0.3) is 0 Å². The fourth-order valence-corrected chi connectivity index (χ4v) is 5.31. The third-order valence-corrected chi connectivity index (χ3v) is 7.86. The molecule has 1 amide bonds. The first kappa shape index (κ1) is 33.7. The molecule has 0 bridgehead atoms. The van der Waals surface area contributed by atoms with Gasteiger partial charge in [0.05, 0.1) is 5.66 Å². The van der Waals surface area contributed by atoms with E-state index in [1.54, 1.807) is 11.9 Å². The van der Waals surface area contributed by atoms with Crippen LogP contribution in [0.15, 0.2) is 57.9 Å². The number of nitrogens with one attached hydrogen (secondary N) is 1. The number of carbonyl (C=O) groups excluding carboxylic acids is 1. The number of rotatable bonds is 6. The zero-order valence-corrected chi connectivity index (χ0v) is 25.7. The van der Waals surface area contributed by atoms with Crippen LogP contribution in [-0.4, -0.2) is 22.9 Å². The maximum absolute atomic E-state index is 13.0. The summed E-state index contributed by atoms with van der Waals surface area (Å²) in [4.78, 5) is 14.0. The minimum absolute atomic E-state index is 0.104. The molecular formula is C29H48BrN3OS. The van der Waals surface area contributed by atoms with E-state index in [1.807, 2.05) is 77.9 Å². The molecular weight excluding hydrogens is 518 g/mol. The molecule has 0 aromatic heterocycles. The van der Waals surface area contributed by atoms with Gasteiger partial charge >= 0.3 is 0 Å². The van der Waals surface area contributed by atoms with Gasteiger partial charge in [-0.25, -0.2) is 4.31 Å². The molecule has 4 nitrogen and oxygen atoms in total. The molecule has 3 N–H and O–H groups in total. The topological polar surface area (TPSA) is 58.4 Å². The maximum atomic E-state index is 13.0. The molecule has 0 radical (unpaired) electrons. The lowest BCUT2D eigenvalue weighted by Crippen LogP contribution is -2.65. The van der Waals surface area contributed by atoms with E-state index in [9.17, 15) is 4.79 Å². The van der Waals surface area contributed by atoms with Crippen molar-refractivity contribution in [3.8, 4) is 0 Å². The Morgan fingerprint density at radius 1 is 1.03 bits per heavy atom. The van der Waals surface area contributed by atoms with Crippen molar-refractivity contribution >= 4 is 33.8 Å². The number of amides is 1. The highest BCUT2D eigenvalue weighted by Gasteiger charge is 2.41. The molecule has 35 heavy (non-hydrogen) atoms. The zero-order valence-electron chi connectivity index (χ0n) is 23.3. The Morgan fingerprint density at radius 2 is 1.57 bits per heavy atom. The fraction of sp³-hybridized carbons (Fsp3) is 0.552. The Hall–Kier alpha value is -1.34. The van der Waals surface area contributed by atoms with E-state index < -0.39 is 5.66 Å². The first-order valence-corrected chi connectivity index (χ1v) is 14.7. The van der Waals surface area contributed by atoms with Crippen LogP contribution in [0.2, 0.25) is 0 Å². The number of carbonyl (C=O) groups is 1. The van der Waals surface area contributed by atoms with Gasteiger partial charge in [0.2, 0.25) is 0 Å². The molecule has 1 fully saturated rings. The van der Waals surface area contributed by atoms with E-state index in [1.165, 1.54) is 12.0 Å². The van der Waals surface area contributed by atoms with Gasteiger partial charge in [0.1, 0.15) is 0 Å². The number of nitrogens with two attached hydrogens (primary N) is 1. The smallest absolute Gasteiger partial charge is 0.252 e. The number of hydrogen-bond donors (Lipinski definition) is 2. The standard InChI is InChI=1S/C23H30BrN3OS.3C2H6/c1-16-8-7-9-17(2)23(16,25)26-22(28)19-12-13-20(24)21(14-19)29-27(3)15-18-10-5-4-6-11-18;3*1-2/h4-6,10-14,16-17H,7-9,15,25H2,1-3H3,(H,26,28);3*1-2H3. The van der Waals surface area contributed by atoms with E-state index in [0.29, 0.717) is 5.56 Å². The average molecular weight is 567 g/mol. The minimum atomic E-state index is -0.653. The minimum Gasteiger partial charge on any atom is -0.334 e. The van der Waals surface area contributed by atoms with Crippen LogP contribution in [-0.2, 0) is 6.54 Å². The highest BCUT2D eigenvalue weighted by Crippen LogP contribution is 2.35. The van der Waals surface area contributed by atoms with Gasteiger partial charge in [-0.1, -0.05) is 92.1 Å². The lowest BCUT2D eigenvalue weighted by atomic mass is 9.73. The van der Waals surface area contributed by atoms with Gasteiger partial charge in [-0.15, -0.1) is 0 Å². The van der Waals surface area contributed by atoms with Crippen molar-refractivity contribution in [2.75, 3.05) is 7.05 Å². The third kappa shape index (κ3) is 10.3. The molecule has 3 rings (SSSR count). The van der Waals surface area contributed by atoms with Crippen LogP contribution in [0.1, 0.15) is 90.6 Å². The predicted octanol–water partition coefficient (Wildman–Crippen LogP) is 8.51. The van der Waals surface area contributed by atoms with Gasteiger partial charge in [-0.2, -0.15) is 0 Å². The van der Waals surface area contributed by atoms with Crippen LogP contribution in [0.5, 0.6) is 0 Å². The number of nitrogens with zero attached hydrogens (tertiary/aromatic N) is 1. The third-order valence-electron chi connectivity index (χ3n) is 5.93. The van der Waals surface area contributed by atoms with Crippen molar-refractivity contribution in [2.45, 2.75) is 91.8 Å². The number of hydrogen-bond acceptors (Lipinski definition) is 4. The Kier molecular flexibility index (Phi) is 17.3. The normalized spacial score (nSPS) is 20.8. The molecule has 0 spiro atoms. The molecule has 1 aliphatic rings. The lowest BCUT2D eigenvalue weighted by Gasteiger charge is -2.45. The summed E-state index contributed by atoms with van der Waals surface area (Å²) < 4.78 is 3.13. The molecule has 198 valence electrons. The van der Waals surface area contributed by atoms with Crippen molar-refractivity contribution in [2.24, 2.45) is 17.6 Å². The van der Waals surface area contributed by atoms with Crippen molar-refractivity contribution in [3.05, 3.63) is 64.1 Å². The van der Waals surface area contributed by atoms with Crippen molar-refractivity contribution in [1.29, 1.82) is 0 Å². The van der Waals surface area contributed by atoms with Crippen molar-refractivity contribution < 1.29 is 4.79 Å². The summed E-state index contributed by atoms with van der Waals surface area (Å²) in [6.45, 7) is 17.1. The molecule has 2 unspecified atom stereocenters. The second-order valence-corrected chi connectivity index (χ2v) is 10.2. The average Bonchev–Trinajstić information content (AvgIpc) is 2.88. The van der Waals surface area contributed by atoms with Crippen LogP contribution in [0, 0.1) is 11.8 Å². The number of benzene rings is 2. The highest BCUT2D eigenvalue weighted by atomic mass is 79.9. The summed E-state index contributed by atoms with van der Waals surface area (Å²) in [6, 6.07) is 16.1. The van der Waals surface area contributed by atoms with E-state index in [4.69, 9.17) is 5.73 Å². The van der Waals surface area contributed by atoms with Crippen molar-refractivity contribution in [3.63, 3.8) is 0 Å². The van der Waals surface area contributed by atoms with Crippen LogP contribution in [0.3, 0.4) is 0 Å². The fourth-order valence-electron chi connectivity index (χ4n) is 3.96. The van der Waals surface area contributed by atoms with Gasteiger partial charge in [0, 0.05) is 21.5 Å². The molecule has 0 aliphatic heterocycles. The molecule has 0 saturated heterocycles. The Balaban J connectivity index is 0.00000179. The van der Waals surface area contributed by atoms with Crippen molar-refractivity contribution in [1.82, 2.24) is 9.62 Å². The highest BCUT2D eigenvalue weighted by molar-refractivity contribution is 9.10. The van der Waals surface area contributed by atoms with Gasteiger partial charge in [-0.05, 0) is 83.4 Å². The SMILES string of the molecule is CC.CC.CC.CC1CCCC(C)C1(N)NC(=O)c1ccc(Br)c(SN(C)Cc2ccccc2)c1. The molecule has 6 heteroatoms. The second-order valence-electron chi connectivity index (χ2n) is 8.13. The summed E-state index contributed by atoms with van der Waals surface area (Å²) in [6.07, 6.45) is 3.27. The van der Waals surface area contributed by atoms with Crippen LogP contribution in [0.4, 0.5) is 0 Å². The van der Waals surface area contributed by atoms with E-state index in [-0.39, 0.29) is 17.7 Å². The first-order valence-electron chi connectivity index (χ1n) is 13.1. The van der Waals surface area contributed by atoms with Crippen LogP contribution >= 0.6 is 27.9 Å². The quantitative estimate of drug-likeness (QED) is 0.272. The van der Waals surface area contributed by atoms with Crippen LogP contribution < -0.4 is 11.1 Å². The largest absolute Gasteiger partial charge is 0.334 e. The van der Waals surface area contributed by atoms with Gasteiger partial charge < -0.3 is 11.1 Å². The van der Waals surface area contributed by atoms with Gasteiger partial charge in [0.25, 0.3) is 5.91 Å². The number of halogens is 1. The lowest BCUT2D eigenvalue weighted by molar-refractivity contribution is 0.0663. The van der Waals surface area contributed by atoms with Gasteiger partial charge in [-0.3, -0.25) is 4.79 Å². The first-order chi connectivity index (χ1) is 16.8. The maximum Gasteiger partial charge on any atom is 0.252 e. The summed E-state index contributed by atoms with van der Waals surface area (Å²) in [7, 11) is 2.05. The molecule has 1 saturated carbocycles. The summed E-state index contributed by atoms with van der Waals surface area (Å²) in [5.41, 5.74) is 7.90. The molecule has 2 atom stereocenters. The van der Waals surface area contributed by atoms with Gasteiger partial charge in [0.15, 0.2) is 0 Å². The predicted molar refractivity (Wildman–Crippen MR) is 159 cm³/mol. The molecule has 2 aromatic rings. The summed E-state index contributed by atoms with van der Waals surface area (Å²) in [5.74, 6) is 0.418. The van der Waals surface area contributed by atoms with E-state index in [2.05, 4.69) is 58.6 Å². The monoisotopic (exact) mass is 565 g/mol. The summed E-state index contributed by atoms with van der Waals surface area (Å²) >= 11 is 5.24. The molecule has 2 aromatic carbocycles. The van der Waals surface area contributed by atoms with E-state index >= 15 is 0 Å². The Labute approximate surface area is 228 Å². The summed E-state index contributed by atoms with van der Waals surface area (Å²) in [5, 5.41) is 3.15. The Morgan fingerprint density at radius 3 is 2.11 bits per heavy atom. The second kappa shape index (κ2) is 18.0. The Bertz CT molecular complexity index is 837. The zero-order chi connectivity index (χ0) is 27.0. The van der Waals surface area contributed by atoms with E-state index in [0.717, 1.165) is 28.8 Å². The molecule has 0 heterocycles.